The van der Waals surface area contributed by atoms with Crippen molar-refractivity contribution < 1.29 is 13.5 Å². The minimum absolute atomic E-state index is 0.0400. The summed E-state index contributed by atoms with van der Waals surface area (Å²) in [4.78, 5) is 27.8. The number of hydrogen-bond acceptors (Lipinski definition) is 5. The van der Waals surface area contributed by atoms with Crippen molar-refractivity contribution in [2.24, 2.45) is 0 Å². The van der Waals surface area contributed by atoms with Crippen LogP contribution in [0, 0.1) is 18.6 Å². The van der Waals surface area contributed by atoms with E-state index in [1.807, 2.05) is 26.8 Å². The van der Waals surface area contributed by atoms with Gasteiger partial charge in [-0.2, -0.15) is 0 Å². The van der Waals surface area contributed by atoms with E-state index in [1.165, 1.54) is 6.07 Å². The average Bonchev–Trinajstić information content (AvgIpc) is 2.80. The SMILES string of the molecule is Cc1cc(OCc2ncc(F)cc2F)c(Cl)cc1-c1cc(-c2ccnc(C(C)C)n2)cc(=O)[nH]1. The zero-order chi connectivity index (χ0) is 24.4. The van der Waals surface area contributed by atoms with E-state index in [2.05, 4.69) is 19.9 Å². The van der Waals surface area contributed by atoms with E-state index in [0.29, 0.717) is 34.1 Å². The molecule has 0 atom stereocenters. The Morgan fingerprint density at radius 2 is 1.91 bits per heavy atom. The molecule has 0 saturated carbocycles. The lowest BCUT2D eigenvalue weighted by molar-refractivity contribution is 0.293. The fourth-order valence-corrected chi connectivity index (χ4v) is 3.62. The van der Waals surface area contributed by atoms with Gasteiger partial charge in [-0.05, 0) is 36.8 Å². The van der Waals surface area contributed by atoms with Crippen molar-refractivity contribution in [2.75, 3.05) is 0 Å². The van der Waals surface area contributed by atoms with Crippen LogP contribution in [-0.4, -0.2) is 19.9 Å². The molecule has 0 bridgehead atoms. The highest BCUT2D eigenvalue weighted by Gasteiger charge is 2.14. The van der Waals surface area contributed by atoms with Crippen molar-refractivity contribution in [1.82, 2.24) is 19.9 Å². The van der Waals surface area contributed by atoms with Crippen LogP contribution in [-0.2, 0) is 6.61 Å². The lowest BCUT2D eigenvalue weighted by atomic mass is 10.0. The number of halogens is 3. The number of aromatic nitrogens is 4. The molecule has 0 radical (unpaired) electrons. The van der Waals surface area contributed by atoms with Crippen LogP contribution in [0.1, 0.15) is 36.8 Å². The Morgan fingerprint density at radius 3 is 2.65 bits per heavy atom. The zero-order valence-corrected chi connectivity index (χ0v) is 19.5. The van der Waals surface area contributed by atoms with E-state index in [4.69, 9.17) is 16.3 Å². The Labute approximate surface area is 199 Å². The maximum Gasteiger partial charge on any atom is 0.249 e. The molecule has 3 heterocycles. The lowest BCUT2D eigenvalue weighted by Gasteiger charge is -2.13. The summed E-state index contributed by atoms with van der Waals surface area (Å²) in [5.74, 6) is -0.424. The third kappa shape index (κ3) is 5.12. The summed E-state index contributed by atoms with van der Waals surface area (Å²) in [6, 6.07) is 9.15. The molecular formula is C25H21ClF2N4O2. The number of rotatable bonds is 6. The van der Waals surface area contributed by atoms with Crippen LogP contribution >= 0.6 is 11.6 Å². The highest BCUT2D eigenvalue weighted by Crippen LogP contribution is 2.34. The number of ether oxygens (including phenoxy) is 1. The first-order valence-electron chi connectivity index (χ1n) is 10.5. The van der Waals surface area contributed by atoms with Crippen LogP contribution in [0.5, 0.6) is 5.75 Å². The lowest BCUT2D eigenvalue weighted by Crippen LogP contribution is -2.08. The first-order valence-corrected chi connectivity index (χ1v) is 10.9. The molecule has 0 unspecified atom stereocenters. The van der Waals surface area contributed by atoms with Gasteiger partial charge >= 0.3 is 0 Å². The van der Waals surface area contributed by atoms with Crippen LogP contribution in [0.3, 0.4) is 0 Å². The average molecular weight is 483 g/mol. The number of aromatic amines is 1. The van der Waals surface area contributed by atoms with Gasteiger partial charge in [0.15, 0.2) is 5.82 Å². The molecule has 1 N–H and O–H groups in total. The smallest absolute Gasteiger partial charge is 0.249 e. The van der Waals surface area contributed by atoms with Crippen LogP contribution in [0.2, 0.25) is 5.02 Å². The van der Waals surface area contributed by atoms with Crippen LogP contribution in [0.15, 0.2) is 53.6 Å². The van der Waals surface area contributed by atoms with Crippen molar-refractivity contribution in [2.45, 2.75) is 33.3 Å². The Kier molecular flexibility index (Phi) is 6.70. The second kappa shape index (κ2) is 9.69. The minimum Gasteiger partial charge on any atom is -0.486 e. The quantitative estimate of drug-likeness (QED) is 0.373. The van der Waals surface area contributed by atoms with Gasteiger partial charge in [0, 0.05) is 41.1 Å². The highest BCUT2D eigenvalue weighted by atomic mass is 35.5. The summed E-state index contributed by atoms with van der Waals surface area (Å²) in [5.41, 5.74) is 2.99. The van der Waals surface area contributed by atoms with E-state index >= 15 is 0 Å². The van der Waals surface area contributed by atoms with Gasteiger partial charge in [0.1, 0.15) is 29.7 Å². The minimum atomic E-state index is -0.802. The van der Waals surface area contributed by atoms with Crippen LogP contribution < -0.4 is 10.3 Å². The van der Waals surface area contributed by atoms with E-state index in [0.717, 1.165) is 17.8 Å². The highest BCUT2D eigenvalue weighted by molar-refractivity contribution is 6.32. The number of hydrogen-bond donors (Lipinski definition) is 1. The second-order valence-corrected chi connectivity index (χ2v) is 8.48. The zero-order valence-electron chi connectivity index (χ0n) is 18.7. The van der Waals surface area contributed by atoms with E-state index in [1.54, 1.807) is 24.4 Å². The van der Waals surface area contributed by atoms with Gasteiger partial charge in [-0.3, -0.25) is 9.78 Å². The Balaban J connectivity index is 1.65. The molecule has 4 rings (SSSR count). The molecule has 3 aromatic heterocycles. The molecule has 0 amide bonds. The molecule has 0 aliphatic carbocycles. The molecule has 0 fully saturated rings. The molecule has 34 heavy (non-hydrogen) atoms. The van der Waals surface area contributed by atoms with Crippen molar-refractivity contribution >= 4 is 11.6 Å². The summed E-state index contributed by atoms with van der Waals surface area (Å²) < 4.78 is 32.5. The normalized spacial score (nSPS) is 11.1. The third-order valence-corrected chi connectivity index (χ3v) is 5.44. The predicted octanol–water partition coefficient (Wildman–Crippen LogP) is 5.84. The number of H-pyrrole nitrogens is 1. The van der Waals surface area contributed by atoms with Gasteiger partial charge in [0.05, 0.1) is 16.9 Å². The monoisotopic (exact) mass is 482 g/mol. The van der Waals surface area contributed by atoms with Gasteiger partial charge < -0.3 is 9.72 Å². The van der Waals surface area contributed by atoms with Gasteiger partial charge in [0.2, 0.25) is 5.56 Å². The van der Waals surface area contributed by atoms with Gasteiger partial charge in [-0.15, -0.1) is 0 Å². The number of aryl methyl sites for hydroxylation is 1. The summed E-state index contributed by atoms with van der Waals surface area (Å²) >= 11 is 6.42. The molecule has 0 spiro atoms. The maximum absolute atomic E-state index is 13.8. The summed E-state index contributed by atoms with van der Waals surface area (Å²) in [5, 5.41) is 0.263. The predicted molar refractivity (Wildman–Crippen MR) is 126 cm³/mol. The number of benzene rings is 1. The third-order valence-electron chi connectivity index (χ3n) is 5.15. The molecule has 174 valence electrons. The largest absolute Gasteiger partial charge is 0.486 e. The van der Waals surface area contributed by atoms with Crippen molar-refractivity contribution in [3.63, 3.8) is 0 Å². The maximum atomic E-state index is 13.8. The van der Waals surface area contributed by atoms with Crippen molar-refractivity contribution in [1.29, 1.82) is 0 Å². The van der Waals surface area contributed by atoms with Crippen molar-refractivity contribution in [3.8, 4) is 28.3 Å². The second-order valence-electron chi connectivity index (χ2n) is 8.07. The van der Waals surface area contributed by atoms with E-state index in [9.17, 15) is 13.6 Å². The fourth-order valence-electron chi connectivity index (χ4n) is 3.40. The summed E-state index contributed by atoms with van der Waals surface area (Å²) in [6.07, 6.45) is 2.59. The standard InChI is InChI=1S/C25H21ClF2N4O2/c1-13(2)25-29-5-4-20(32-25)15-7-21(31-24(33)8-15)17-10-18(26)23(6-14(17)3)34-12-22-19(28)9-16(27)11-30-22/h4-11,13H,12H2,1-3H3,(H,31,33). The molecule has 1 aromatic carbocycles. The Hall–Kier alpha value is -3.65. The van der Waals surface area contributed by atoms with E-state index in [-0.39, 0.29) is 28.8 Å². The molecule has 0 saturated heterocycles. The number of pyridine rings is 2. The number of nitrogens with zero attached hydrogens (tertiary/aromatic N) is 3. The van der Waals surface area contributed by atoms with Gasteiger partial charge in [0.25, 0.3) is 0 Å². The first kappa shape index (κ1) is 23.5. The Bertz CT molecular complexity index is 1420. The van der Waals surface area contributed by atoms with Gasteiger partial charge in [-0.25, -0.2) is 18.7 Å². The molecule has 0 aliphatic heterocycles. The summed E-state index contributed by atoms with van der Waals surface area (Å²) in [6.45, 7) is 5.61. The van der Waals surface area contributed by atoms with Crippen LogP contribution in [0.25, 0.3) is 22.5 Å². The molecule has 6 nitrogen and oxygen atoms in total. The van der Waals surface area contributed by atoms with Crippen LogP contribution in [0.4, 0.5) is 8.78 Å². The van der Waals surface area contributed by atoms with E-state index < -0.39 is 11.6 Å². The molecule has 4 aromatic rings. The fraction of sp³-hybridized carbons (Fsp3) is 0.200. The molecular weight excluding hydrogens is 462 g/mol. The topological polar surface area (TPSA) is 80.8 Å². The number of nitrogens with one attached hydrogen (secondary N) is 1. The summed E-state index contributed by atoms with van der Waals surface area (Å²) in [7, 11) is 0. The molecule has 0 aliphatic rings. The molecule has 9 heteroatoms. The first-order chi connectivity index (χ1) is 16.2. The van der Waals surface area contributed by atoms with Crippen molar-refractivity contribution in [3.05, 3.63) is 92.9 Å². The van der Waals surface area contributed by atoms with Gasteiger partial charge in [-0.1, -0.05) is 25.4 Å². The Morgan fingerprint density at radius 1 is 1.12 bits per heavy atom.